The van der Waals surface area contributed by atoms with Crippen molar-refractivity contribution in [2.45, 2.75) is 74.5 Å². The van der Waals surface area contributed by atoms with E-state index in [0.29, 0.717) is 49.2 Å². The molecule has 1 saturated heterocycles. The number of furan rings is 1. The Kier molecular flexibility index (Phi) is 7.72. The molecule has 1 aliphatic carbocycles. The van der Waals surface area contributed by atoms with E-state index in [-0.39, 0.29) is 23.0 Å². The second-order valence-corrected chi connectivity index (χ2v) is 13.5. The summed E-state index contributed by atoms with van der Waals surface area (Å²) in [4.78, 5) is 41.0. The van der Waals surface area contributed by atoms with Crippen LogP contribution in [0.15, 0.2) is 57.8 Å². The van der Waals surface area contributed by atoms with Gasteiger partial charge in [-0.05, 0) is 63.4 Å². The van der Waals surface area contributed by atoms with E-state index >= 15 is 0 Å². The summed E-state index contributed by atoms with van der Waals surface area (Å²) in [6.07, 6.45) is 4.54. The molecule has 0 atom stereocenters. The molecular weight excluding hydrogens is 530 g/mol. The molecule has 2 N–H and O–H groups in total. The lowest BCUT2D eigenvalue weighted by Gasteiger charge is -2.36. The summed E-state index contributed by atoms with van der Waals surface area (Å²) in [5.41, 5.74) is 0.206. The summed E-state index contributed by atoms with van der Waals surface area (Å²) < 4.78 is 32.5. The van der Waals surface area contributed by atoms with Gasteiger partial charge in [0.15, 0.2) is 21.4 Å². The van der Waals surface area contributed by atoms with Crippen molar-refractivity contribution in [1.29, 1.82) is 0 Å². The van der Waals surface area contributed by atoms with E-state index in [0.717, 1.165) is 24.6 Å². The van der Waals surface area contributed by atoms with Gasteiger partial charge in [0.05, 0.1) is 22.4 Å². The molecule has 2 heterocycles. The van der Waals surface area contributed by atoms with Crippen molar-refractivity contribution in [3.63, 3.8) is 0 Å². The third-order valence-corrected chi connectivity index (χ3v) is 10.1. The monoisotopic (exact) mass is 565 g/mol. The molecule has 0 radical (unpaired) electrons. The molecule has 0 unspecified atom stereocenters. The van der Waals surface area contributed by atoms with Gasteiger partial charge in [-0.2, -0.15) is 0 Å². The molecule has 1 aromatic heterocycles. The summed E-state index contributed by atoms with van der Waals surface area (Å²) in [5, 5.41) is 5.95. The average Bonchev–Trinajstić information content (AvgIpc) is 3.38. The Labute approximate surface area is 234 Å². The number of sulfone groups is 1. The Hall–Kier alpha value is -3.66. The number of piperidine rings is 1. The predicted octanol–water partition coefficient (Wildman–Crippen LogP) is 4.86. The van der Waals surface area contributed by atoms with Gasteiger partial charge in [0.1, 0.15) is 11.1 Å². The Morgan fingerprint density at radius 3 is 2.45 bits per heavy atom. The topological polar surface area (TPSA) is 126 Å². The molecule has 9 nitrogen and oxygen atoms in total. The maximum atomic E-state index is 13.8. The van der Waals surface area contributed by atoms with E-state index in [9.17, 15) is 22.8 Å². The molecule has 0 bridgehead atoms. The molecule has 0 spiro atoms. The van der Waals surface area contributed by atoms with Crippen molar-refractivity contribution in [3.05, 3.63) is 54.3 Å². The highest BCUT2D eigenvalue weighted by atomic mass is 32.2. The maximum Gasteiger partial charge on any atom is 0.287 e. The quantitative estimate of drug-likeness (QED) is 0.419. The summed E-state index contributed by atoms with van der Waals surface area (Å²) in [7, 11) is -3.73. The summed E-state index contributed by atoms with van der Waals surface area (Å²) in [6.45, 7) is 3.95. The molecule has 212 valence electrons. The van der Waals surface area contributed by atoms with Gasteiger partial charge in [-0.15, -0.1) is 0 Å². The van der Waals surface area contributed by atoms with Crippen LogP contribution in [0.5, 0.6) is 0 Å². The standard InChI is InChI=1S/C30H35N3O6S/c1-20(2)40(37,38)27-18-22(12-13-24(27)33-16-8-10-23(34)19-33)31-29(36)30(14-6-3-7-15-30)32-28(35)26-17-21-9-4-5-11-25(21)39-26/h4-5,9,11-13,17-18,20H,3,6-8,10,14-16,19H2,1-2H3,(H,31,36)(H,32,35). The van der Waals surface area contributed by atoms with E-state index in [1.165, 1.54) is 6.07 Å². The largest absolute Gasteiger partial charge is 0.451 e. The van der Waals surface area contributed by atoms with Crippen molar-refractivity contribution in [2.75, 3.05) is 23.3 Å². The van der Waals surface area contributed by atoms with E-state index in [1.54, 1.807) is 43.0 Å². The molecule has 1 aliphatic heterocycles. The zero-order chi connectivity index (χ0) is 28.5. The van der Waals surface area contributed by atoms with Crippen molar-refractivity contribution in [1.82, 2.24) is 5.32 Å². The predicted molar refractivity (Wildman–Crippen MR) is 153 cm³/mol. The number of benzene rings is 2. The first-order valence-electron chi connectivity index (χ1n) is 13.9. The fraction of sp³-hybridized carbons (Fsp3) is 0.433. The van der Waals surface area contributed by atoms with Crippen LogP contribution in [0.2, 0.25) is 0 Å². The highest BCUT2D eigenvalue weighted by Gasteiger charge is 2.42. The SMILES string of the molecule is CC(C)S(=O)(=O)c1cc(NC(=O)C2(NC(=O)c3cc4ccccc4o3)CCCCC2)ccc1N1CCCC(=O)C1. The number of rotatable bonds is 7. The Morgan fingerprint density at radius 1 is 1.00 bits per heavy atom. The number of nitrogens with one attached hydrogen (secondary N) is 2. The second-order valence-electron chi connectivity index (χ2n) is 11.0. The zero-order valence-electron chi connectivity index (χ0n) is 22.9. The van der Waals surface area contributed by atoms with Crippen LogP contribution in [0.1, 0.15) is 69.3 Å². The van der Waals surface area contributed by atoms with Crippen LogP contribution >= 0.6 is 0 Å². The summed E-state index contributed by atoms with van der Waals surface area (Å²) in [5.74, 6) is -0.674. The smallest absolute Gasteiger partial charge is 0.287 e. The van der Waals surface area contributed by atoms with Gasteiger partial charge in [0, 0.05) is 24.0 Å². The second kappa shape index (κ2) is 11.1. The molecule has 2 fully saturated rings. The minimum absolute atomic E-state index is 0.0657. The average molecular weight is 566 g/mol. The van der Waals surface area contributed by atoms with E-state index in [2.05, 4.69) is 10.6 Å². The first-order chi connectivity index (χ1) is 19.1. The van der Waals surface area contributed by atoms with Crippen LogP contribution < -0.4 is 15.5 Å². The maximum absolute atomic E-state index is 13.8. The van der Waals surface area contributed by atoms with Crippen LogP contribution in [0.3, 0.4) is 0 Å². The zero-order valence-corrected chi connectivity index (χ0v) is 23.7. The highest BCUT2D eigenvalue weighted by molar-refractivity contribution is 7.92. The fourth-order valence-electron chi connectivity index (χ4n) is 5.57. The normalized spacial score (nSPS) is 17.7. The number of carbonyl (C=O) groups excluding carboxylic acids is 3. The van der Waals surface area contributed by atoms with Gasteiger partial charge < -0.3 is 20.0 Å². The van der Waals surface area contributed by atoms with Gasteiger partial charge in [-0.3, -0.25) is 14.4 Å². The minimum atomic E-state index is -3.73. The number of ketones is 1. The highest BCUT2D eigenvalue weighted by Crippen LogP contribution is 2.34. The number of fused-ring (bicyclic) bond motifs is 1. The van der Waals surface area contributed by atoms with Crippen molar-refractivity contribution >= 4 is 49.8 Å². The van der Waals surface area contributed by atoms with Gasteiger partial charge in [-0.25, -0.2) is 8.42 Å². The van der Waals surface area contributed by atoms with Gasteiger partial charge in [0.25, 0.3) is 5.91 Å². The first-order valence-corrected chi connectivity index (χ1v) is 15.4. The van der Waals surface area contributed by atoms with Gasteiger partial charge in [0.2, 0.25) is 5.91 Å². The van der Waals surface area contributed by atoms with E-state index in [4.69, 9.17) is 4.42 Å². The molecule has 40 heavy (non-hydrogen) atoms. The Morgan fingerprint density at radius 2 is 1.75 bits per heavy atom. The van der Waals surface area contributed by atoms with Crippen LogP contribution in [0.25, 0.3) is 11.0 Å². The molecule has 1 saturated carbocycles. The van der Waals surface area contributed by atoms with Crippen LogP contribution in [0.4, 0.5) is 11.4 Å². The van der Waals surface area contributed by atoms with Gasteiger partial charge >= 0.3 is 0 Å². The number of nitrogens with zero attached hydrogens (tertiary/aromatic N) is 1. The molecule has 2 aliphatic rings. The van der Waals surface area contributed by atoms with Crippen LogP contribution in [-0.4, -0.2) is 49.9 Å². The molecule has 2 aromatic carbocycles. The van der Waals surface area contributed by atoms with E-state index < -0.39 is 32.4 Å². The van der Waals surface area contributed by atoms with E-state index in [1.807, 2.05) is 18.2 Å². The molecule has 5 rings (SSSR count). The number of hydrogen-bond acceptors (Lipinski definition) is 7. The number of carbonyl (C=O) groups is 3. The molecule has 2 amide bonds. The van der Waals surface area contributed by atoms with Crippen molar-refractivity contribution < 1.29 is 27.2 Å². The first kappa shape index (κ1) is 27.9. The third-order valence-electron chi connectivity index (χ3n) is 7.88. The number of Topliss-reactive ketones (excluding diaryl/α,β-unsaturated/α-hetero) is 1. The summed E-state index contributed by atoms with van der Waals surface area (Å²) in [6, 6.07) is 13.8. The van der Waals surface area contributed by atoms with Gasteiger partial charge in [-0.1, -0.05) is 37.5 Å². The van der Waals surface area contributed by atoms with Crippen molar-refractivity contribution in [2.24, 2.45) is 0 Å². The lowest BCUT2D eigenvalue weighted by Crippen LogP contribution is -2.57. The Bertz CT molecular complexity index is 1520. The lowest BCUT2D eigenvalue weighted by molar-refractivity contribution is -0.123. The number of amides is 2. The summed E-state index contributed by atoms with van der Waals surface area (Å²) >= 11 is 0. The lowest BCUT2D eigenvalue weighted by atomic mass is 9.80. The van der Waals surface area contributed by atoms with Crippen LogP contribution in [-0.2, 0) is 19.4 Å². The fourth-order valence-corrected chi connectivity index (χ4v) is 6.85. The number of anilines is 2. The molecule has 10 heteroatoms. The Balaban J connectivity index is 1.43. The number of hydrogen-bond donors (Lipinski definition) is 2. The van der Waals surface area contributed by atoms with Crippen LogP contribution in [0, 0.1) is 0 Å². The third kappa shape index (κ3) is 5.50. The number of para-hydroxylation sites is 1. The molecule has 3 aromatic rings. The minimum Gasteiger partial charge on any atom is -0.451 e. The van der Waals surface area contributed by atoms with Crippen molar-refractivity contribution in [3.8, 4) is 0 Å². The molecular formula is C30H35N3O6S.